The monoisotopic (exact) mass is 343 g/mol. The summed E-state index contributed by atoms with van der Waals surface area (Å²) in [5, 5.41) is 2.92. The largest absolute Gasteiger partial charge is 0.351 e. The molecule has 0 unspecified atom stereocenters. The molecule has 0 bridgehead atoms. The quantitative estimate of drug-likeness (QED) is 0.537. The van der Waals surface area contributed by atoms with E-state index >= 15 is 0 Å². The molecular formula is C13H22BrN5O. The van der Waals surface area contributed by atoms with Gasteiger partial charge in [-0.25, -0.2) is 10.8 Å². The Morgan fingerprint density at radius 1 is 1.50 bits per heavy atom. The van der Waals surface area contributed by atoms with Gasteiger partial charge in [-0.05, 0) is 41.5 Å². The molecule has 1 aromatic heterocycles. The molecule has 7 heteroatoms. The Balaban J connectivity index is 2.74. The van der Waals surface area contributed by atoms with E-state index in [1.807, 2.05) is 14.1 Å². The number of hydrazine groups is 1. The molecule has 0 radical (unpaired) electrons. The summed E-state index contributed by atoms with van der Waals surface area (Å²) >= 11 is 3.30. The maximum Gasteiger partial charge on any atom is 0.255 e. The van der Waals surface area contributed by atoms with Crippen LogP contribution in [0.5, 0.6) is 0 Å². The first-order valence-electron chi connectivity index (χ1n) is 6.30. The Morgan fingerprint density at radius 3 is 2.70 bits per heavy atom. The van der Waals surface area contributed by atoms with Gasteiger partial charge in [0.1, 0.15) is 0 Å². The van der Waals surface area contributed by atoms with E-state index in [1.165, 1.54) is 0 Å². The second-order valence-corrected chi connectivity index (χ2v) is 6.69. The number of nitrogens with two attached hydrogens (primary N) is 1. The Bertz CT molecular complexity index is 476. The first kappa shape index (κ1) is 16.9. The second-order valence-electron chi connectivity index (χ2n) is 5.78. The fourth-order valence-electron chi connectivity index (χ4n) is 2.05. The zero-order valence-electron chi connectivity index (χ0n) is 12.3. The van der Waals surface area contributed by atoms with Crippen LogP contribution < -0.4 is 16.6 Å². The minimum Gasteiger partial charge on any atom is -0.351 e. The van der Waals surface area contributed by atoms with Crippen LogP contribution in [0.2, 0.25) is 0 Å². The highest BCUT2D eigenvalue weighted by Crippen LogP contribution is 2.18. The van der Waals surface area contributed by atoms with Gasteiger partial charge in [0.05, 0.1) is 5.56 Å². The normalized spacial score (nSPS) is 11.6. The van der Waals surface area contributed by atoms with Gasteiger partial charge in [0.25, 0.3) is 5.91 Å². The third-order valence-corrected chi connectivity index (χ3v) is 3.14. The molecule has 0 aliphatic rings. The summed E-state index contributed by atoms with van der Waals surface area (Å²) in [6.45, 7) is 5.66. The predicted molar refractivity (Wildman–Crippen MR) is 84.4 cm³/mol. The van der Waals surface area contributed by atoms with Gasteiger partial charge >= 0.3 is 0 Å². The van der Waals surface area contributed by atoms with Crippen molar-refractivity contribution in [3.8, 4) is 0 Å². The number of nitrogen functional groups attached to an aromatic ring is 1. The van der Waals surface area contributed by atoms with E-state index in [1.54, 1.807) is 12.3 Å². The fourth-order valence-corrected chi connectivity index (χ4v) is 2.39. The summed E-state index contributed by atoms with van der Waals surface area (Å²) in [6.07, 6.45) is 1.59. The predicted octanol–water partition coefficient (Wildman–Crippen LogP) is 1.45. The molecule has 0 saturated heterocycles. The van der Waals surface area contributed by atoms with E-state index in [2.05, 4.69) is 50.4 Å². The number of hydrogen-bond acceptors (Lipinski definition) is 5. The lowest BCUT2D eigenvalue weighted by molar-refractivity contribution is 0.0929. The number of carbonyl (C=O) groups excluding carboxylic acids is 1. The van der Waals surface area contributed by atoms with Crippen molar-refractivity contribution in [3.63, 3.8) is 0 Å². The van der Waals surface area contributed by atoms with Crippen LogP contribution in [0.3, 0.4) is 0 Å². The molecule has 0 aliphatic carbocycles. The molecule has 112 valence electrons. The molecule has 0 spiro atoms. The zero-order chi connectivity index (χ0) is 15.3. The van der Waals surface area contributed by atoms with E-state index in [0.29, 0.717) is 17.9 Å². The highest BCUT2D eigenvalue weighted by molar-refractivity contribution is 9.10. The number of hydrogen-bond donors (Lipinski definition) is 3. The van der Waals surface area contributed by atoms with Gasteiger partial charge in [0, 0.05) is 23.8 Å². The van der Waals surface area contributed by atoms with Crippen molar-refractivity contribution in [1.82, 2.24) is 15.2 Å². The number of amides is 1. The third-order valence-electron chi connectivity index (χ3n) is 2.71. The van der Waals surface area contributed by atoms with E-state index in [-0.39, 0.29) is 11.3 Å². The molecule has 1 amide bonds. The van der Waals surface area contributed by atoms with Crippen molar-refractivity contribution in [2.75, 3.05) is 32.6 Å². The van der Waals surface area contributed by atoms with E-state index in [0.717, 1.165) is 11.0 Å². The lowest BCUT2D eigenvalue weighted by atomic mass is 9.93. The zero-order valence-corrected chi connectivity index (χ0v) is 13.9. The van der Waals surface area contributed by atoms with E-state index in [9.17, 15) is 4.79 Å². The summed E-state index contributed by atoms with van der Waals surface area (Å²) in [4.78, 5) is 18.4. The van der Waals surface area contributed by atoms with Crippen molar-refractivity contribution < 1.29 is 4.79 Å². The van der Waals surface area contributed by atoms with Crippen LogP contribution in [0.25, 0.3) is 0 Å². The number of rotatable bonds is 6. The average Bonchev–Trinajstić information content (AvgIpc) is 2.34. The minimum absolute atomic E-state index is 0.0189. The average molecular weight is 344 g/mol. The van der Waals surface area contributed by atoms with Gasteiger partial charge in [0.2, 0.25) is 0 Å². The lowest BCUT2D eigenvalue weighted by Gasteiger charge is -2.28. The van der Waals surface area contributed by atoms with Gasteiger partial charge in [-0.3, -0.25) is 4.79 Å². The highest BCUT2D eigenvalue weighted by atomic mass is 79.9. The van der Waals surface area contributed by atoms with Crippen LogP contribution in [-0.2, 0) is 0 Å². The maximum absolute atomic E-state index is 12.2. The molecule has 0 fully saturated rings. The molecule has 1 heterocycles. The first-order valence-corrected chi connectivity index (χ1v) is 7.09. The molecule has 1 rings (SSSR count). The molecule has 4 N–H and O–H groups in total. The number of carbonyl (C=O) groups is 1. The van der Waals surface area contributed by atoms with Crippen LogP contribution in [-0.4, -0.2) is 43.0 Å². The topological polar surface area (TPSA) is 83.3 Å². The Labute approximate surface area is 128 Å². The summed E-state index contributed by atoms with van der Waals surface area (Å²) in [5.41, 5.74) is 2.83. The second kappa shape index (κ2) is 7.01. The molecule has 6 nitrogen and oxygen atoms in total. The molecule has 0 atom stereocenters. The smallest absolute Gasteiger partial charge is 0.255 e. The Morgan fingerprint density at radius 2 is 2.15 bits per heavy atom. The van der Waals surface area contributed by atoms with E-state index < -0.39 is 0 Å². The van der Waals surface area contributed by atoms with Crippen molar-refractivity contribution in [2.24, 2.45) is 11.3 Å². The molecule has 0 saturated carbocycles. The standard InChI is InChI=1S/C13H22BrN5O/c1-13(2,8-19(3)4)7-17-12(20)10-5-9(14)6-16-11(10)18-15/h5-6H,7-8,15H2,1-4H3,(H,16,18)(H,17,20). The first-order chi connectivity index (χ1) is 9.25. The Kier molecular flexibility index (Phi) is 5.91. The van der Waals surface area contributed by atoms with E-state index in [4.69, 9.17) is 5.84 Å². The van der Waals surface area contributed by atoms with Crippen molar-refractivity contribution >= 4 is 27.7 Å². The van der Waals surface area contributed by atoms with Gasteiger partial charge in [-0.15, -0.1) is 0 Å². The summed E-state index contributed by atoms with van der Waals surface area (Å²) < 4.78 is 0.731. The molecule has 0 aliphatic heterocycles. The fraction of sp³-hybridized carbons (Fsp3) is 0.538. The summed E-state index contributed by atoms with van der Waals surface area (Å²) in [6, 6.07) is 1.69. The van der Waals surface area contributed by atoms with Gasteiger partial charge in [0.15, 0.2) is 5.82 Å². The molecule has 1 aromatic rings. The van der Waals surface area contributed by atoms with Crippen molar-refractivity contribution in [2.45, 2.75) is 13.8 Å². The number of pyridine rings is 1. The number of anilines is 1. The molecule has 20 heavy (non-hydrogen) atoms. The minimum atomic E-state index is -0.196. The number of nitrogens with one attached hydrogen (secondary N) is 2. The summed E-state index contributed by atoms with van der Waals surface area (Å²) in [7, 11) is 4.02. The van der Waals surface area contributed by atoms with Crippen LogP contribution in [0, 0.1) is 5.41 Å². The van der Waals surface area contributed by atoms with Crippen molar-refractivity contribution in [3.05, 3.63) is 22.3 Å². The maximum atomic E-state index is 12.2. The van der Waals surface area contributed by atoms with Crippen molar-refractivity contribution in [1.29, 1.82) is 0 Å². The molecular weight excluding hydrogens is 322 g/mol. The molecule has 0 aromatic carbocycles. The van der Waals surface area contributed by atoms with Gasteiger partial charge in [-0.2, -0.15) is 0 Å². The number of halogens is 1. The van der Waals surface area contributed by atoms with Gasteiger partial charge in [-0.1, -0.05) is 13.8 Å². The SMILES string of the molecule is CN(C)CC(C)(C)CNC(=O)c1cc(Br)cnc1NN. The van der Waals surface area contributed by atoms with Crippen LogP contribution in [0.4, 0.5) is 5.82 Å². The van der Waals surface area contributed by atoms with Crippen LogP contribution >= 0.6 is 15.9 Å². The Hall–Kier alpha value is -1.18. The lowest BCUT2D eigenvalue weighted by Crippen LogP contribution is -2.40. The van der Waals surface area contributed by atoms with Crippen LogP contribution in [0.15, 0.2) is 16.7 Å². The number of nitrogens with zero attached hydrogens (tertiary/aromatic N) is 2. The van der Waals surface area contributed by atoms with Gasteiger partial charge < -0.3 is 15.6 Å². The summed E-state index contributed by atoms with van der Waals surface area (Å²) in [5.74, 6) is 5.53. The number of aromatic nitrogens is 1. The van der Waals surface area contributed by atoms with Crippen LogP contribution in [0.1, 0.15) is 24.2 Å². The third kappa shape index (κ3) is 5.07. The highest BCUT2D eigenvalue weighted by Gasteiger charge is 2.21.